The Morgan fingerprint density at radius 2 is 1.02 bits per heavy atom. The summed E-state index contributed by atoms with van der Waals surface area (Å²) in [5.41, 5.74) is -1.43. The van der Waals surface area contributed by atoms with E-state index >= 15 is 8.78 Å². The number of phenols is 1. The number of phenolic OH excluding ortho intramolecular Hbond substituents is 1. The smallest absolute Gasteiger partial charge is 0.460 e. The van der Waals surface area contributed by atoms with Crippen LogP contribution in [0.2, 0.25) is 0 Å². The van der Waals surface area contributed by atoms with Crippen LogP contribution in [0.3, 0.4) is 0 Å². The highest BCUT2D eigenvalue weighted by Gasteiger charge is 2.95. The van der Waals surface area contributed by atoms with E-state index in [1.54, 1.807) is 47.6 Å². The molecule has 0 unspecified atom stereocenters. The van der Waals surface area contributed by atoms with E-state index in [4.69, 9.17) is 0 Å². The minimum Gasteiger partial charge on any atom is -0.507 e. The van der Waals surface area contributed by atoms with E-state index in [1.807, 2.05) is 0 Å². The summed E-state index contributed by atoms with van der Waals surface area (Å²) in [6.07, 6.45) is -12.9. The molecule has 20 heteroatoms. The van der Waals surface area contributed by atoms with E-state index in [0.29, 0.717) is 11.8 Å². The molecule has 2 atom stereocenters. The van der Waals surface area contributed by atoms with Crippen LogP contribution in [0.15, 0.2) is 47.5 Å². The van der Waals surface area contributed by atoms with Gasteiger partial charge in [-0.05, 0) is 34.4 Å². The maximum atomic E-state index is 15.2. The van der Waals surface area contributed by atoms with E-state index in [9.17, 15) is 76.1 Å². The zero-order valence-electron chi connectivity index (χ0n) is 27.7. The predicted molar refractivity (Wildman–Crippen MR) is 154 cm³/mol. The largest absolute Gasteiger partial charge is 0.507 e. The highest BCUT2D eigenvalue weighted by atomic mass is 19.4. The molecule has 3 nitrogen and oxygen atoms in total. The fourth-order valence-corrected chi connectivity index (χ4v) is 4.64. The first-order chi connectivity index (χ1) is 22.9. The Kier molecular flexibility index (Phi) is 11.7. The Hall–Kier alpha value is -3.32. The Bertz CT molecular complexity index is 1590. The molecular formula is C32H32F17NO2. The van der Waals surface area contributed by atoms with Gasteiger partial charge in [-0.3, -0.25) is 4.99 Å². The normalized spacial score (nSPS) is 16.4. The van der Waals surface area contributed by atoms with Gasteiger partial charge in [0.2, 0.25) is 0 Å². The first kappa shape index (κ1) is 44.8. The third-order valence-corrected chi connectivity index (χ3v) is 7.99. The van der Waals surface area contributed by atoms with Crippen molar-refractivity contribution in [1.82, 2.24) is 0 Å². The standard InChI is InChI=1S/C32H32F17NO2/c1-23(2,3)18-13-17(21(51)19(14-18)24(4,5)6)15-50-20(12-16-10-8-7-9-11-16)22(52)25(33,34)26(35,36)27(37,38)28(39,40)29(41,42)30(43,44)31(45,46)32(47,48)49/h7-11,13-15,20,22,51-52H,12H2,1-6H3/t20-,22-/m0/s1. The summed E-state index contributed by atoms with van der Waals surface area (Å²) < 4.78 is 237. The molecule has 0 aliphatic rings. The van der Waals surface area contributed by atoms with Gasteiger partial charge in [0.15, 0.2) is 0 Å². The zero-order chi connectivity index (χ0) is 41.1. The van der Waals surface area contributed by atoms with Gasteiger partial charge < -0.3 is 10.2 Å². The maximum absolute atomic E-state index is 15.2. The van der Waals surface area contributed by atoms with Crippen LogP contribution >= 0.6 is 0 Å². The van der Waals surface area contributed by atoms with Crippen LogP contribution < -0.4 is 0 Å². The van der Waals surface area contributed by atoms with Crippen molar-refractivity contribution in [3.8, 4) is 5.75 Å². The monoisotopic (exact) mass is 785 g/mol. The van der Waals surface area contributed by atoms with Gasteiger partial charge in [0.05, 0.1) is 6.04 Å². The number of aliphatic imine (C=N–C) groups is 1. The second-order valence-corrected chi connectivity index (χ2v) is 14.0. The molecule has 0 aromatic heterocycles. The van der Waals surface area contributed by atoms with Crippen molar-refractivity contribution in [3.05, 3.63) is 64.7 Å². The van der Waals surface area contributed by atoms with Crippen molar-refractivity contribution in [2.24, 2.45) is 4.99 Å². The van der Waals surface area contributed by atoms with Gasteiger partial charge in [-0.1, -0.05) is 77.9 Å². The summed E-state index contributed by atoms with van der Waals surface area (Å²) in [5, 5.41) is 21.3. The minimum absolute atomic E-state index is 0.191. The van der Waals surface area contributed by atoms with Crippen molar-refractivity contribution in [2.75, 3.05) is 0 Å². The van der Waals surface area contributed by atoms with Crippen molar-refractivity contribution >= 4 is 6.21 Å². The Labute approximate surface area is 285 Å². The van der Waals surface area contributed by atoms with Gasteiger partial charge in [-0.2, -0.15) is 74.6 Å². The lowest BCUT2D eigenvalue weighted by atomic mass is 9.79. The number of halogens is 17. The lowest BCUT2D eigenvalue weighted by molar-refractivity contribution is -0.464. The van der Waals surface area contributed by atoms with Crippen LogP contribution in [0.4, 0.5) is 74.6 Å². The molecule has 2 aromatic carbocycles. The van der Waals surface area contributed by atoms with Crippen LogP contribution in [0.1, 0.15) is 63.8 Å². The number of hydrogen-bond acceptors (Lipinski definition) is 3. The molecule has 0 amide bonds. The van der Waals surface area contributed by atoms with Crippen LogP contribution in [0.5, 0.6) is 5.75 Å². The van der Waals surface area contributed by atoms with Gasteiger partial charge in [0.1, 0.15) is 11.9 Å². The topological polar surface area (TPSA) is 52.8 Å². The van der Waals surface area contributed by atoms with E-state index in [2.05, 4.69) is 4.99 Å². The summed E-state index contributed by atoms with van der Waals surface area (Å²) >= 11 is 0. The molecule has 0 saturated carbocycles. The van der Waals surface area contributed by atoms with Crippen molar-refractivity contribution in [1.29, 1.82) is 0 Å². The van der Waals surface area contributed by atoms with Gasteiger partial charge >= 0.3 is 47.6 Å². The molecule has 52 heavy (non-hydrogen) atoms. The summed E-state index contributed by atoms with van der Waals surface area (Å²) in [6, 6.07) is 5.81. The summed E-state index contributed by atoms with van der Waals surface area (Å²) in [7, 11) is 0. The number of aliphatic hydroxyl groups is 1. The first-order valence-corrected chi connectivity index (χ1v) is 14.7. The number of rotatable bonds is 12. The molecule has 2 rings (SSSR count). The second kappa shape index (κ2) is 13.5. The van der Waals surface area contributed by atoms with Crippen LogP contribution in [0.25, 0.3) is 0 Å². The van der Waals surface area contributed by atoms with Crippen LogP contribution in [-0.2, 0) is 17.3 Å². The fraction of sp³-hybridized carbons (Fsp3) is 0.594. The number of benzene rings is 2. The molecule has 0 bridgehead atoms. The predicted octanol–water partition coefficient (Wildman–Crippen LogP) is 10.4. The number of alkyl halides is 17. The molecule has 0 spiro atoms. The van der Waals surface area contributed by atoms with Gasteiger partial charge in [-0.15, -0.1) is 0 Å². The summed E-state index contributed by atoms with van der Waals surface area (Å²) in [4.78, 5) is 3.49. The maximum Gasteiger partial charge on any atom is 0.460 e. The highest BCUT2D eigenvalue weighted by molar-refractivity contribution is 5.85. The Morgan fingerprint density at radius 1 is 0.596 bits per heavy atom. The SMILES string of the molecule is CC(C)(C)c1cc(C=N[C@@H](Cc2ccccc2)[C@H](O)C(F)(F)C(F)(F)C(F)(F)C(F)(F)C(F)(F)C(F)(F)C(F)(F)C(F)(F)F)c(O)c(C(C)(C)C)c1. The second-order valence-electron chi connectivity index (χ2n) is 14.0. The molecule has 0 saturated heterocycles. The molecule has 0 aliphatic heterocycles. The molecule has 0 radical (unpaired) electrons. The number of aliphatic hydroxyl groups excluding tert-OH is 1. The van der Waals surface area contributed by atoms with Crippen molar-refractivity contribution in [3.63, 3.8) is 0 Å². The average Bonchev–Trinajstić information content (AvgIpc) is 2.97. The van der Waals surface area contributed by atoms with Gasteiger partial charge in [-0.25, -0.2) is 0 Å². The summed E-state index contributed by atoms with van der Waals surface area (Å²) in [6.45, 7) is 9.95. The first-order valence-electron chi connectivity index (χ1n) is 14.7. The third kappa shape index (κ3) is 7.41. The molecule has 2 aromatic rings. The lowest BCUT2D eigenvalue weighted by Gasteiger charge is -2.43. The number of aromatic hydroxyl groups is 1. The highest BCUT2D eigenvalue weighted by Crippen LogP contribution is 2.64. The average molecular weight is 786 g/mol. The Morgan fingerprint density at radius 3 is 1.42 bits per heavy atom. The summed E-state index contributed by atoms with van der Waals surface area (Å²) in [5.74, 6) is -58.9. The van der Waals surface area contributed by atoms with Crippen molar-refractivity contribution < 1.29 is 84.9 Å². The van der Waals surface area contributed by atoms with E-state index in [-0.39, 0.29) is 16.7 Å². The van der Waals surface area contributed by atoms with E-state index in [1.165, 1.54) is 24.3 Å². The van der Waals surface area contributed by atoms with Gasteiger partial charge in [0.25, 0.3) is 0 Å². The fourth-order valence-electron chi connectivity index (χ4n) is 4.64. The number of hydrogen-bond donors (Lipinski definition) is 2. The molecule has 0 aliphatic carbocycles. The molecule has 0 heterocycles. The van der Waals surface area contributed by atoms with Crippen LogP contribution in [0, 0.1) is 0 Å². The number of nitrogens with zero attached hydrogens (tertiary/aromatic N) is 1. The molecule has 296 valence electrons. The molecule has 2 N–H and O–H groups in total. The van der Waals surface area contributed by atoms with Crippen molar-refractivity contribution in [2.45, 2.75) is 119 Å². The van der Waals surface area contributed by atoms with Gasteiger partial charge in [0, 0.05) is 17.3 Å². The lowest BCUT2D eigenvalue weighted by Crippen LogP contribution is -2.75. The zero-order valence-corrected chi connectivity index (χ0v) is 27.7. The van der Waals surface area contributed by atoms with E-state index < -0.39 is 82.8 Å². The van der Waals surface area contributed by atoms with Crippen LogP contribution in [-0.4, -0.2) is 76.2 Å². The molecular weight excluding hydrogens is 753 g/mol. The van der Waals surface area contributed by atoms with E-state index in [0.717, 1.165) is 12.1 Å². The Balaban J connectivity index is 2.80. The minimum atomic E-state index is -8.80. The molecule has 0 fully saturated rings. The third-order valence-electron chi connectivity index (χ3n) is 7.99. The quantitative estimate of drug-likeness (QED) is 0.166.